The van der Waals surface area contributed by atoms with E-state index in [-0.39, 0.29) is 44.0 Å². The first kappa shape index (κ1) is 29.8. The summed E-state index contributed by atoms with van der Waals surface area (Å²) in [6, 6.07) is 3.98. The molecule has 0 saturated carbocycles. The van der Waals surface area contributed by atoms with Crippen molar-refractivity contribution in [2.24, 2.45) is 0 Å². The number of benzene rings is 1. The van der Waals surface area contributed by atoms with Crippen LogP contribution in [0.1, 0.15) is 24.2 Å². The molecule has 30 heavy (non-hydrogen) atoms. The van der Waals surface area contributed by atoms with Crippen molar-refractivity contribution >= 4 is 35.1 Å². The van der Waals surface area contributed by atoms with Crippen LogP contribution >= 0.6 is 15.6 Å². The standard InChI is InChI=1S/C12H16BNO11P2.C2H6.Y/c13-11-10(24-12(15)6-3-1-2-4-7(6)14)9(25-27(19,20)21)8(23-11)5-22-26(16,17)18;1-2;/h1-4,8-11H,5H2,(H6,14,15,16,17,18,19,20,21);1-2H3;/p-4/t8-,9+,10?,11-;;/m1../s1. The van der Waals surface area contributed by atoms with E-state index in [0.29, 0.717) is 0 Å². The van der Waals surface area contributed by atoms with Crippen molar-refractivity contribution in [1.29, 1.82) is 0 Å². The number of ether oxygens (including phenoxy) is 2. The van der Waals surface area contributed by atoms with Crippen LogP contribution in [0.4, 0.5) is 5.69 Å². The van der Waals surface area contributed by atoms with E-state index < -0.39 is 52.5 Å². The molecular formula is C14H18BNO11P2Y-4. The number of hydrogen-bond acceptors (Lipinski definition) is 10. The second kappa shape index (κ2) is 12.8. The fourth-order valence-corrected chi connectivity index (χ4v) is 3.21. The molecule has 2 unspecified atom stereocenters. The Balaban J connectivity index is 0.00000272. The molecule has 3 radical (unpaired) electrons. The average molecular weight is 538 g/mol. The van der Waals surface area contributed by atoms with Gasteiger partial charge in [0.15, 0.2) is 0 Å². The van der Waals surface area contributed by atoms with Gasteiger partial charge in [-0.3, -0.25) is 4.57 Å². The number of carbonyl (C=O) groups excluding carboxylic acids is 1. The zero-order valence-corrected chi connectivity index (χ0v) is 20.5. The molecule has 0 aromatic heterocycles. The second-order valence-corrected chi connectivity index (χ2v) is 7.64. The van der Waals surface area contributed by atoms with Gasteiger partial charge in [0.1, 0.15) is 26.2 Å². The summed E-state index contributed by atoms with van der Waals surface area (Å²) in [6.07, 6.45) is -5.06. The second-order valence-electron chi connectivity index (χ2n) is 5.34. The maximum Gasteiger partial charge on any atom is 0.337 e. The Labute approximate surface area is 199 Å². The molecule has 0 aliphatic carbocycles. The molecule has 165 valence electrons. The molecule has 0 amide bonds. The van der Waals surface area contributed by atoms with Crippen molar-refractivity contribution in [2.75, 3.05) is 6.61 Å². The third-order valence-electron chi connectivity index (χ3n) is 3.39. The van der Waals surface area contributed by atoms with Crippen LogP contribution in [0.5, 0.6) is 0 Å². The van der Waals surface area contributed by atoms with Crippen LogP contribution < -0.4 is 14.7 Å². The molecule has 5 atom stereocenters. The molecule has 1 aliphatic heterocycles. The molecule has 12 nitrogen and oxygen atoms in total. The fourth-order valence-electron chi connectivity index (χ4n) is 2.32. The number of hydrogen-bond donors (Lipinski definition) is 1. The van der Waals surface area contributed by atoms with Crippen LogP contribution in [0, 0.1) is 0 Å². The van der Waals surface area contributed by atoms with E-state index in [1.807, 2.05) is 13.8 Å². The van der Waals surface area contributed by atoms with E-state index in [9.17, 15) is 28.6 Å². The minimum atomic E-state index is -5.63. The van der Waals surface area contributed by atoms with Crippen LogP contribution in [0.3, 0.4) is 0 Å². The molecule has 1 fully saturated rings. The van der Waals surface area contributed by atoms with Crippen molar-refractivity contribution in [3.8, 4) is 0 Å². The molecule has 2 rings (SSSR count). The third kappa shape index (κ3) is 9.54. The number of rotatable bonds is 7. The van der Waals surface area contributed by atoms with Crippen molar-refractivity contribution < 1.29 is 84.7 Å². The van der Waals surface area contributed by atoms with E-state index in [2.05, 4.69) is 9.05 Å². The first-order valence-electron chi connectivity index (χ1n) is 8.19. The van der Waals surface area contributed by atoms with Gasteiger partial charge in [-0.05, 0) is 6.07 Å². The average Bonchev–Trinajstić information content (AvgIpc) is 2.88. The monoisotopic (exact) mass is 538 g/mol. The Morgan fingerprint density at radius 3 is 2.30 bits per heavy atom. The van der Waals surface area contributed by atoms with Crippen molar-refractivity contribution in [2.45, 2.75) is 38.2 Å². The molecule has 1 aromatic carbocycles. The molecule has 1 aromatic rings. The molecule has 1 aliphatic rings. The number of phosphoric acid groups is 2. The Hall–Kier alpha value is -0.161. The SMILES string of the molecule is CC.[B][C@@H]1O[C@H](COP(=O)([O-])O)[C@H](OP(=O)([O-])[O-])C1OC(=O)c1ccccc1[NH-].[Y]. The van der Waals surface area contributed by atoms with Gasteiger partial charge in [0.05, 0.1) is 20.4 Å². The zero-order chi connectivity index (χ0) is 22.4. The first-order chi connectivity index (χ1) is 13.4. The minimum Gasteiger partial charge on any atom is -0.790 e. The molecule has 0 bridgehead atoms. The van der Waals surface area contributed by atoms with Crippen LogP contribution in [0.2, 0.25) is 0 Å². The van der Waals surface area contributed by atoms with E-state index in [4.69, 9.17) is 27.9 Å². The quantitative estimate of drug-likeness (QED) is 0.267. The summed E-state index contributed by atoms with van der Waals surface area (Å²) in [5.41, 5.74) is 7.26. The van der Waals surface area contributed by atoms with Crippen molar-refractivity contribution in [1.82, 2.24) is 0 Å². The van der Waals surface area contributed by atoms with E-state index in [0.717, 1.165) is 0 Å². The number of phosphoric ester groups is 2. The topological polar surface area (TPSA) is 201 Å². The Morgan fingerprint density at radius 1 is 1.23 bits per heavy atom. The zero-order valence-electron chi connectivity index (χ0n) is 15.9. The van der Waals surface area contributed by atoms with Gasteiger partial charge >= 0.3 is 5.97 Å². The van der Waals surface area contributed by atoms with Gasteiger partial charge in [0.2, 0.25) is 0 Å². The fraction of sp³-hybridized carbons (Fsp3) is 0.500. The largest absolute Gasteiger partial charge is 0.790 e. The smallest absolute Gasteiger partial charge is 0.337 e. The summed E-state index contributed by atoms with van der Waals surface area (Å²) < 4.78 is 40.1. The molecule has 16 heteroatoms. The van der Waals surface area contributed by atoms with Gasteiger partial charge in [0.25, 0.3) is 7.82 Å². The summed E-state index contributed by atoms with van der Waals surface area (Å²) in [5, 5.41) is 0. The molecular weight excluding hydrogens is 520 g/mol. The minimum absolute atomic E-state index is 0. The van der Waals surface area contributed by atoms with Gasteiger partial charge in [-0.2, -0.15) is 0 Å². The number of esters is 1. The van der Waals surface area contributed by atoms with Gasteiger partial charge < -0.3 is 48.4 Å². The predicted octanol–water partition coefficient (Wildman–Crippen LogP) is -0.496. The van der Waals surface area contributed by atoms with Crippen LogP contribution in [-0.4, -0.2) is 49.6 Å². The number of nitrogens with one attached hydrogen (secondary N) is 1. The number of carbonyl (C=O) groups is 1. The maximum absolute atomic E-state index is 12.2. The van der Waals surface area contributed by atoms with Crippen LogP contribution in [0.25, 0.3) is 5.73 Å². The van der Waals surface area contributed by atoms with Gasteiger partial charge in [-0.15, -0.1) is 5.69 Å². The predicted molar refractivity (Wildman–Crippen MR) is 93.6 cm³/mol. The van der Waals surface area contributed by atoms with Gasteiger partial charge in [0, 0.05) is 38.3 Å². The summed E-state index contributed by atoms with van der Waals surface area (Å²) in [5.74, 6) is -1.08. The van der Waals surface area contributed by atoms with Crippen LogP contribution in [0.15, 0.2) is 24.3 Å². The molecule has 2 N–H and O–H groups in total. The summed E-state index contributed by atoms with van der Waals surface area (Å²) in [6.45, 7) is 3.04. The van der Waals surface area contributed by atoms with Crippen LogP contribution in [-0.2, 0) is 60.4 Å². The molecule has 1 saturated heterocycles. The van der Waals surface area contributed by atoms with E-state index in [1.165, 1.54) is 24.3 Å². The summed E-state index contributed by atoms with van der Waals surface area (Å²) >= 11 is 0. The first-order valence-corrected chi connectivity index (χ1v) is 11.1. The molecule has 1 heterocycles. The third-order valence-corrected chi connectivity index (χ3v) is 4.37. The van der Waals surface area contributed by atoms with E-state index in [1.54, 1.807) is 0 Å². The van der Waals surface area contributed by atoms with Gasteiger partial charge in [-0.25, -0.2) is 4.79 Å². The van der Waals surface area contributed by atoms with Gasteiger partial charge in [-0.1, -0.05) is 32.0 Å². The van der Waals surface area contributed by atoms with Crippen molar-refractivity contribution in [3.63, 3.8) is 0 Å². The Morgan fingerprint density at radius 2 is 1.80 bits per heavy atom. The Bertz CT molecular complexity index is 789. The van der Waals surface area contributed by atoms with E-state index >= 15 is 0 Å². The summed E-state index contributed by atoms with van der Waals surface area (Å²) in [7, 11) is -5.24. The van der Waals surface area contributed by atoms with Crippen molar-refractivity contribution in [3.05, 3.63) is 35.6 Å². The summed E-state index contributed by atoms with van der Waals surface area (Å²) in [4.78, 5) is 53.5. The molecule has 0 spiro atoms. The Kier molecular flexibility index (Phi) is 12.7. The normalized spacial score (nSPS) is 25.3. The maximum atomic E-state index is 12.2.